The lowest BCUT2D eigenvalue weighted by molar-refractivity contribution is 0.0933. The maximum absolute atomic E-state index is 12.1. The molecule has 0 spiro atoms. The molecule has 0 saturated heterocycles. The molecule has 0 aliphatic carbocycles. The summed E-state index contributed by atoms with van der Waals surface area (Å²) in [4.78, 5) is 30.6. The van der Waals surface area contributed by atoms with Crippen LogP contribution in [0.3, 0.4) is 0 Å². The van der Waals surface area contributed by atoms with Crippen LogP contribution in [0.2, 0.25) is 0 Å². The molecule has 29 heavy (non-hydrogen) atoms. The minimum absolute atomic E-state index is 0.0417. The molecule has 1 aromatic heterocycles. The van der Waals surface area contributed by atoms with Crippen LogP contribution in [0.1, 0.15) is 51.5 Å². The standard InChI is InChI=1S/C22H31N3O4/c1-3-5-10-17(4-2)16-29-14-9-13-23-15-19-20(26)24-22(28)25(21(19)27)18-11-7-6-8-12-18/h6-8,11-12,15,17,27H,3-5,9-10,13-14,16H2,1-2H3,(H,24,26,28). The van der Waals surface area contributed by atoms with E-state index in [9.17, 15) is 14.7 Å². The molecule has 1 atom stereocenters. The fraction of sp³-hybridized carbons (Fsp3) is 0.500. The van der Waals surface area contributed by atoms with Gasteiger partial charge in [0.2, 0.25) is 5.88 Å². The lowest BCUT2D eigenvalue weighted by Gasteiger charge is -2.14. The molecule has 1 aromatic carbocycles. The second-order valence-corrected chi connectivity index (χ2v) is 7.05. The van der Waals surface area contributed by atoms with Crippen molar-refractivity contribution in [3.63, 3.8) is 0 Å². The molecule has 0 radical (unpaired) electrons. The first kappa shape index (κ1) is 22.6. The highest BCUT2D eigenvalue weighted by Gasteiger charge is 2.13. The Balaban J connectivity index is 1.93. The fourth-order valence-electron chi connectivity index (χ4n) is 3.03. The van der Waals surface area contributed by atoms with Gasteiger partial charge in [-0.3, -0.25) is 14.8 Å². The molecule has 7 nitrogen and oxygen atoms in total. The molecular formula is C22H31N3O4. The summed E-state index contributed by atoms with van der Waals surface area (Å²) in [6.07, 6.45) is 6.78. The van der Waals surface area contributed by atoms with Gasteiger partial charge >= 0.3 is 5.69 Å². The van der Waals surface area contributed by atoms with Gasteiger partial charge in [0, 0.05) is 26.0 Å². The Hall–Kier alpha value is -2.67. The van der Waals surface area contributed by atoms with E-state index in [2.05, 4.69) is 23.8 Å². The van der Waals surface area contributed by atoms with Crippen LogP contribution < -0.4 is 11.2 Å². The monoisotopic (exact) mass is 401 g/mol. The summed E-state index contributed by atoms with van der Waals surface area (Å²) in [7, 11) is 0. The molecule has 0 aliphatic heterocycles. The molecule has 0 fully saturated rings. The normalized spacial score (nSPS) is 12.5. The second-order valence-electron chi connectivity index (χ2n) is 7.05. The summed E-state index contributed by atoms with van der Waals surface area (Å²) < 4.78 is 6.79. The predicted octanol–water partition coefficient (Wildman–Crippen LogP) is 3.27. The number of hydrogen-bond acceptors (Lipinski definition) is 5. The molecule has 158 valence electrons. The average molecular weight is 402 g/mol. The van der Waals surface area contributed by atoms with Crippen LogP contribution >= 0.6 is 0 Å². The van der Waals surface area contributed by atoms with Gasteiger partial charge < -0.3 is 9.84 Å². The minimum Gasteiger partial charge on any atom is -0.493 e. The van der Waals surface area contributed by atoms with E-state index in [0.29, 0.717) is 24.8 Å². The van der Waals surface area contributed by atoms with E-state index in [1.807, 2.05) is 0 Å². The van der Waals surface area contributed by atoms with Crippen LogP contribution in [-0.4, -0.2) is 40.6 Å². The highest BCUT2D eigenvalue weighted by Crippen LogP contribution is 2.15. The fourth-order valence-corrected chi connectivity index (χ4v) is 3.03. The van der Waals surface area contributed by atoms with Gasteiger partial charge in [-0.25, -0.2) is 9.36 Å². The predicted molar refractivity (Wildman–Crippen MR) is 116 cm³/mol. The highest BCUT2D eigenvalue weighted by atomic mass is 16.5. The van der Waals surface area contributed by atoms with Crippen LogP contribution in [0.15, 0.2) is 44.9 Å². The van der Waals surface area contributed by atoms with Crippen molar-refractivity contribution < 1.29 is 9.84 Å². The Bertz CT molecular complexity index is 887. The first-order valence-corrected chi connectivity index (χ1v) is 10.3. The average Bonchev–Trinajstić information content (AvgIpc) is 2.72. The zero-order chi connectivity index (χ0) is 21.1. The Morgan fingerprint density at radius 1 is 1.21 bits per heavy atom. The number of para-hydroxylation sites is 1. The van der Waals surface area contributed by atoms with Crippen molar-refractivity contribution in [2.24, 2.45) is 10.9 Å². The maximum atomic E-state index is 12.1. The molecular weight excluding hydrogens is 370 g/mol. The number of aliphatic imine (C=N–C) groups is 1. The Labute approximate surface area is 171 Å². The van der Waals surface area contributed by atoms with Crippen LogP contribution in [0.4, 0.5) is 0 Å². The third-order valence-corrected chi connectivity index (χ3v) is 4.83. The van der Waals surface area contributed by atoms with Crippen molar-refractivity contribution >= 4 is 6.21 Å². The van der Waals surface area contributed by atoms with Crippen molar-refractivity contribution in [3.8, 4) is 11.6 Å². The molecule has 0 aliphatic rings. The zero-order valence-corrected chi connectivity index (χ0v) is 17.3. The van der Waals surface area contributed by atoms with Gasteiger partial charge in [-0.05, 0) is 30.9 Å². The lowest BCUT2D eigenvalue weighted by Crippen LogP contribution is -2.31. The van der Waals surface area contributed by atoms with Crippen molar-refractivity contribution in [1.82, 2.24) is 9.55 Å². The van der Waals surface area contributed by atoms with E-state index >= 15 is 0 Å². The van der Waals surface area contributed by atoms with E-state index < -0.39 is 17.1 Å². The number of hydrogen-bond donors (Lipinski definition) is 2. The van der Waals surface area contributed by atoms with Crippen molar-refractivity contribution in [3.05, 3.63) is 56.7 Å². The van der Waals surface area contributed by atoms with Gasteiger partial charge in [-0.2, -0.15) is 0 Å². The van der Waals surface area contributed by atoms with Gasteiger partial charge in [-0.15, -0.1) is 0 Å². The molecule has 0 saturated carbocycles. The van der Waals surface area contributed by atoms with Gasteiger partial charge in [0.25, 0.3) is 5.56 Å². The van der Waals surface area contributed by atoms with Crippen molar-refractivity contribution in [2.45, 2.75) is 46.0 Å². The molecule has 7 heteroatoms. The number of rotatable bonds is 12. The number of benzene rings is 1. The summed E-state index contributed by atoms with van der Waals surface area (Å²) >= 11 is 0. The maximum Gasteiger partial charge on any atom is 0.335 e. The summed E-state index contributed by atoms with van der Waals surface area (Å²) in [5, 5.41) is 10.4. The summed E-state index contributed by atoms with van der Waals surface area (Å²) in [6, 6.07) is 8.62. The first-order valence-electron chi connectivity index (χ1n) is 10.3. The number of nitrogens with one attached hydrogen (secondary N) is 1. The van der Waals surface area contributed by atoms with E-state index in [4.69, 9.17) is 4.74 Å². The van der Waals surface area contributed by atoms with Gasteiger partial charge in [0.1, 0.15) is 5.56 Å². The van der Waals surface area contributed by atoms with Crippen molar-refractivity contribution in [1.29, 1.82) is 0 Å². The van der Waals surface area contributed by atoms with Gasteiger partial charge in [0.15, 0.2) is 0 Å². The lowest BCUT2D eigenvalue weighted by atomic mass is 10.0. The molecule has 0 bridgehead atoms. The second kappa shape index (κ2) is 12.0. The molecule has 1 heterocycles. The number of H-pyrrole nitrogens is 1. The first-order chi connectivity index (χ1) is 14.1. The minimum atomic E-state index is -0.696. The van der Waals surface area contributed by atoms with E-state index in [-0.39, 0.29) is 5.56 Å². The summed E-state index contributed by atoms with van der Waals surface area (Å²) in [5.74, 6) is 0.180. The van der Waals surface area contributed by atoms with Gasteiger partial charge in [-0.1, -0.05) is 51.3 Å². The number of unbranched alkanes of at least 4 members (excludes halogenated alkanes) is 1. The smallest absolute Gasteiger partial charge is 0.335 e. The summed E-state index contributed by atoms with van der Waals surface area (Å²) in [5.41, 5.74) is -0.943. The van der Waals surface area contributed by atoms with Crippen LogP contribution in [-0.2, 0) is 4.74 Å². The SMILES string of the molecule is CCCCC(CC)COCCCN=Cc1c(O)n(-c2ccccc2)c(=O)[nH]c1=O. The summed E-state index contributed by atoms with van der Waals surface area (Å²) in [6.45, 7) is 6.22. The quantitative estimate of drug-likeness (QED) is 0.421. The highest BCUT2D eigenvalue weighted by molar-refractivity contribution is 5.82. The number of aromatic nitrogens is 2. The molecule has 2 N–H and O–H groups in total. The third-order valence-electron chi connectivity index (χ3n) is 4.83. The number of aromatic amines is 1. The largest absolute Gasteiger partial charge is 0.493 e. The molecule has 2 rings (SSSR count). The molecule has 0 amide bonds. The zero-order valence-electron chi connectivity index (χ0n) is 17.3. The van der Waals surface area contributed by atoms with Gasteiger partial charge in [0.05, 0.1) is 5.69 Å². The van der Waals surface area contributed by atoms with Crippen molar-refractivity contribution in [2.75, 3.05) is 19.8 Å². The Morgan fingerprint density at radius 3 is 2.66 bits per heavy atom. The number of aromatic hydroxyl groups is 1. The van der Waals surface area contributed by atoms with E-state index in [1.165, 1.54) is 25.5 Å². The molecule has 1 unspecified atom stereocenters. The van der Waals surface area contributed by atoms with Crippen LogP contribution in [0.25, 0.3) is 5.69 Å². The topological polar surface area (TPSA) is 96.7 Å². The Morgan fingerprint density at radius 2 is 1.97 bits per heavy atom. The number of ether oxygens (including phenoxy) is 1. The molecule has 2 aromatic rings. The van der Waals surface area contributed by atoms with E-state index in [0.717, 1.165) is 24.0 Å². The van der Waals surface area contributed by atoms with Crippen LogP contribution in [0, 0.1) is 5.92 Å². The van der Waals surface area contributed by atoms with Crippen LogP contribution in [0.5, 0.6) is 5.88 Å². The van der Waals surface area contributed by atoms with E-state index in [1.54, 1.807) is 30.3 Å². The Kier molecular flexibility index (Phi) is 9.37. The number of nitrogens with zero attached hydrogens (tertiary/aromatic N) is 2. The third kappa shape index (κ3) is 6.71.